The summed E-state index contributed by atoms with van der Waals surface area (Å²) in [6.45, 7) is 22.4. The molecule has 144 valence electrons. The van der Waals surface area contributed by atoms with Crippen molar-refractivity contribution < 1.29 is 4.21 Å². The van der Waals surface area contributed by atoms with Crippen molar-refractivity contribution in [3.05, 3.63) is 29.8 Å². The van der Waals surface area contributed by atoms with Crippen molar-refractivity contribution in [2.45, 2.75) is 90.3 Å². The molecule has 4 heteroatoms. The van der Waals surface area contributed by atoms with Crippen molar-refractivity contribution in [1.29, 1.82) is 0 Å². The average Bonchev–Trinajstić information content (AvgIpc) is 2.41. The minimum absolute atomic E-state index is 0.117. The van der Waals surface area contributed by atoms with E-state index in [0.717, 1.165) is 0 Å². The van der Waals surface area contributed by atoms with Crippen LogP contribution in [0.4, 0.5) is 0 Å². The maximum absolute atomic E-state index is 12.9. The Bertz CT molecular complexity index is 594. The first-order valence-electron chi connectivity index (χ1n) is 9.12. The predicted molar refractivity (Wildman–Crippen MR) is 117 cm³/mol. The van der Waals surface area contributed by atoms with E-state index < -0.39 is 11.0 Å². The summed E-state index contributed by atoms with van der Waals surface area (Å²) < 4.78 is 14.7. The zero-order chi connectivity index (χ0) is 19.8. The Morgan fingerprint density at radius 3 is 1.76 bits per heavy atom. The number of rotatable bonds is 4. The van der Waals surface area contributed by atoms with Crippen molar-refractivity contribution in [2.24, 2.45) is 0 Å². The van der Waals surface area contributed by atoms with Crippen molar-refractivity contribution in [2.75, 3.05) is 7.05 Å². The fourth-order valence-electron chi connectivity index (χ4n) is 3.54. The van der Waals surface area contributed by atoms with E-state index in [1.807, 2.05) is 32.1 Å². The number of nitrogens with zero attached hydrogens (tertiary/aromatic N) is 1. The van der Waals surface area contributed by atoms with Gasteiger partial charge in [-0.1, -0.05) is 73.7 Å². The number of benzene rings is 1. The molecule has 0 bridgehead atoms. The minimum atomic E-state index is -1.04. The highest BCUT2D eigenvalue weighted by molar-refractivity contribution is 7.84. The van der Waals surface area contributed by atoms with Crippen LogP contribution in [-0.4, -0.2) is 30.6 Å². The van der Waals surface area contributed by atoms with E-state index in [2.05, 4.69) is 72.7 Å². The molecule has 1 aromatic carbocycles. The van der Waals surface area contributed by atoms with E-state index in [9.17, 15) is 4.21 Å². The van der Waals surface area contributed by atoms with Gasteiger partial charge in [0.2, 0.25) is 0 Å². The number of hydrogen-bond acceptors (Lipinski definition) is 1. The molecule has 2 nitrogen and oxygen atoms in total. The molecule has 0 saturated carbocycles. The predicted octanol–water partition coefficient (Wildman–Crippen LogP) is 5.85. The number of hydrogen-bond donors (Lipinski definition) is 0. The molecule has 1 unspecified atom stereocenters. The zero-order valence-electron chi connectivity index (χ0n) is 18.1. The molecule has 0 amide bonds. The van der Waals surface area contributed by atoms with Crippen LogP contribution < -0.4 is 5.30 Å². The molecule has 0 N–H and O–H groups in total. The van der Waals surface area contributed by atoms with Crippen LogP contribution in [0, 0.1) is 0 Å². The third-order valence-corrected chi connectivity index (χ3v) is 9.76. The van der Waals surface area contributed by atoms with Crippen molar-refractivity contribution >= 4 is 24.2 Å². The average molecular weight is 384 g/mol. The van der Waals surface area contributed by atoms with Crippen LogP contribution >= 0.6 is 7.92 Å². The first-order valence-corrected chi connectivity index (χ1v) is 11.6. The van der Waals surface area contributed by atoms with Crippen LogP contribution in [0.5, 0.6) is 0 Å². The van der Waals surface area contributed by atoms with Gasteiger partial charge in [-0.05, 0) is 48.9 Å². The van der Waals surface area contributed by atoms with Gasteiger partial charge in [0.15, 0.2) is 0 Å². The summed E-state index contributed by atoms with van der Waals surface area (Å²) in [4.78, 5) is 0. The molecule has 1 rings (SSSR count). The first-order chi connectivity index (χ1) is 11.1. The van der Waals surface area contributed by atoms with E-state index in [1.165, 1.54) is 10.9 Å². The lowest BCUT2D eigenvalue weighted by Gasteiger charge is -2.43. The van der Waals surface area contributed by atoms with Crippen molar-refractivity contribution in [3.63, 3.8) is 0 Å². The maximum Gasteiger partial charge on any atom is 0.1000 e. The second kappa shape index (κ2) is 7.79. The molecule has 0 aliphatic heterocycles. The quantitative estimate of drug-likeness (QED) is 0.598. The molecule has 0 aliphatic rings. The molecule has 0 fully saturated rings. The Labute approximate surface area is 160 Å². The molecule has 0 heterocycles. The lowest BCUT2D eigenvalue weighted by Crippen LogP contribution is -2.39. The van der Waals surface area contributed by atoms with Gasteiger partial charge in [-0.3, -0.25) is 0 Å². The van der Waals surface area contributed by atoms with Gasteiger partial charge in [0, 0.05) is 13.1 Å². The van der Waals surface area contributed by atoms with Gasteiger partial charge in [-0.15, -0.1) is 0 Å². The Kier molecular flexibility index (Phi) is 7.10. The maximum atomic E-state index is 12.9. The van der Waals surface area contributed by atoms with Gasteiger partial charge in [-0.2, -0.15) is 0 Å². The van der Waals surface area contributed by atoms with Crippen LogP contribution in [0.25, 0.3) is 0 Å². The van der Waals surface area contributed by atoms with E-state index in [-0.39, 0.29) is 29.0 Å². The van der Waals surface area contributed by atoms with E-state index in [1.54, 1.807) is 0 Å². The monoisotopic (exact) mass is 383 g/mol. The molecule has 0 aromatic heterocycles. The third-order valence-electron chi connectivity index (χ3n) is 4.30. The Morgan fingerprint density at radius 2 is 1.36 bits per heavy atom. The van der Waals surface area contributed by atoms with Crippen LogP contribution in [0.2, 0.25) is 0 Å². The molecule has 0 saturated heterocycles. The van der Waals surface area contributed by atoms with E-state index in [0.29, 0.717) is 0 Å². The molecule has 2 atom stereocenters. The van der Waals surface area contributed by atoms with Gasteiger partial charge >= 0.3 is 0 Å². The summed E-state index contributed by atoms with van der Waals surface area (Å²) in [5.74, 6) is 0. The zero-order valence-corrected chi connectivity index (χ0v) is 19.8. The van der Waals surface area contributed by atoms with Crippen LogP contribution in [0.3, 0.4) is 0 Å². The topological polar surface area (TPSA) is 20.3 Å². The normalized spacial score (nSPS) is 16.4. The molecule has 25 heavy (non-hydrogen) atoms. The van der Waals surface area contributed by atoms with Crippen LogP contribution in [0.15, 0.2) is 24.3 Å². The summed E-state index contributed by atoms with van der Waals surface area (Å²) in [7, 11) is 0.561. The summed E-state index contributed by atoms with van der Waals surface area (Å²) in [6, 6.07) is 8.90. The van der Waals surface area contributed by atoms with Crippen LogP contribution in [0.1, 0.15) is 80.8 Å². The van der Waals surface area contributed by atoms with Crippen LogP contribution in [-0.2, 0) is 11.0 Å². The second-order valence-corrected chi connectivity index (χ2v) is 16.0. The second-order valence-electron chi connectivity index (χ2n) is 9.82. The van der Waals surface area contributed by atoms with Gasteiger partial charge in [0.25, 0.3) is 0 Å². The highest BCUT2D eigenvalue weighted by Crippen LogP contribution is 2.59. The van der Waals surface area contributed by atoms with Crippen molar-refractivity contribution in [1.82, 2.24) is 4.31 Å². The Balaban J connectivity index is 3.43. The lowest BCUT2D eigenvalue weighted by molar-refractivity contribution is 0.419. The van der Waals surface area contributed by atoms with Gasteiger partial charge in [0.1, 0.15) is 0 Å². The smallest absolute Gasteiger partial charge is 0.1000 e. The molecular weight excluding hydrogens is 345 g/mol. The Morgan fingerprint density at radius 1 is 0.920 bits per heavy atom. The molecule has 0 radical (unpaired) electrons. The largest absolute Gasteiger partial charge is 0.242 e. The van der Waals surface area contributed by atoms with Crippen molar-refractivity contribution in [3.8, 4) is 0 Å². The van der Waals surface area contributed by atoms with E-state index in [4.69, 9.17) is 0 Å². The molecular formula is C21H38NOPS. The molecule has 0 aliphatic carbocycles. The highest BCUT2D eigenvalue weighted by atomic mass is 32.2. The first kappa shape index (κ1) is 22.8. The minimum Gasteiger partial charge on any atom is -0.242 e. The van der Waals surface area contributed by atoms with E-state index >= 15 is 0 Å². The summed E-state index contributed by atoms with van der Waals surface area (Å²) in [5.41, 5.74) is 1.32. The standard InChI is InChI=1S/C21H38NOPS/c1-16(22(11)25(23)21(8,9)10)17-14-12-13-15-18(17)24(19(2,3)4)20(5,6)7/h12-16H,1-11H3/t16-,25?/m1/s1. The summed E-state index contributed by atoms with van der Waals surface area (Å²) >= 11 is 0. The van der Waals surface area contributed by atoms with Gasteiger partial charge in [-0.25, -0.2) is 8.51 Å². The summed E-state index contributed by atoms with van der Waals surface area (Å²) in [6.07, 6.45) is 0. The fraction of sp³-hybridized carbons (Fsp3) is 0.714. The highest BCUT2D eigenvalue weighted by Gasteiger charge is 2.38. The molecule has 0 spiro atoms. The van der Waals surface area contributed by atoms with Gasteiger partial charge < -0.3 is 0 Å². The fourth-order valence-corrected chi connectivity index (χ4v) is 9.02. The lowest BCUT2D eigenvalue weighted by atomic mass is 10.1. The SMILES string of the molecule is C[C@H](c1ccccc1P(C(C)(C)C)C(C)(C)C)N(C)S(=O)C(C)(C)C. The Hall–Kier alpha value is -0.240. The molecule has 1 aromatic rings. The van der Waals surface area contributed by atoms with Gasteiger partial charge in [0.05, 0.1) is 15.7 Å². The third kappa shape index (κ3) is 5.62. The summed E-state index contributed by atoms with van der Waals surface area (Å²) in [5, 5.41) is 1.87.